The molecule has 0 aromatic carbocycles. The third kappa shape index (κ3) is 1.25. The summed E-state index contributed by atoms with van der Waals surface area (Å²) in [7, 11) is 0. The molecule has 0 amide bonds. The maximum atomic E-state index is 12.2. The Labute approximate surface area is 95.4 Å². The van der Waals surface area contributed by atoms with Crippen LogP contribution in [0.3, 0.4) is 0 Å². The zero-order chi connectivity index (χ0) is 11.2. The summed E-state index contributed by atoms with van der Waals surface area (Å²) in [6.45, 7) is 0. The molecule has 84 valence electrons. The van der Waals surface area contributed by atoms with E-state index < -0.39 is 5.41 Å². The molecule has 0 radical (unpaired) electrons. The summed E-state index contributed by atoms with van der Waals surface area (Å²) in [5.41, 5.74) is -0.469. The second kappa shape index (κ2) is 3.41. The van der Waals surface area contributed by atoms with E-state index >= 15 is 0 Å². The van der Waals surface area contributed by atoms with Crippen LogP contribution < -0.4 is 0 Å². The molecule has 1 saturated carbocycles. The fraction of sp³-hybridized carbons (Fsp3) is 0.571. The largest absolute Gasteiger partial charge is 0.299 e. The van der Waals surface area contributed by atoms with E-state index in [0.29, 0.717) is 24.5 Å². The number of allylic oxidation sites excluding steroid dienone is 4. The highest BCUT2D eigenvalue weighted by Crippen LogP contribution is 2.51. The highest BCUT2D eigenvalue weighted by Gasteiger charge is 2.52. The summed E-state index contributed by atoms with van der Waals surface area (Å²) in [6.07, 6.45) is 12.0. The minimum Gasteiger partial charge on any atom is -0.299 e. The van der Waals surface area contributed by atoms with Gasteiger partial charge in [-0.05, 0) is 25.2 Å². The van der Waals surface area contributed by atoms with Gasteiger partial charge in [-0.1, -0.05) is 24.3 Å². The standard InChI is InChI=1S/C14H16O2/c15-12-4-2-1-3-6-14-7-5-10(8-11(12)14)9-13(14)16/h1,3,5,7,10-11H,2,4,6,8-9H2/b3-1-/t10-,11?,14+/m1/s1. The number of hydrogen-bond acceptors (Lipinski definition) is 2. The average Bonchev–Trinajstić information content (AvgIpc) is 2.27. The van der Waals surface area contributed by atoms with Gasteiger partial charge in [0.05, 0.1) is 5.41 Å². The predicted molar refractivity (Wildman–Crippen MR) is 60.8 cm³/mol. The van der Waals surface area contributed by atoms with Gasteiger partial charge < -0.3 is 0 Å². The molecule has 2 bridgehead atoms. The Balaban J connectivity index is 2.08. The lowest BCUT2D eigenvalue weighted by Gasteiger charge is -2.46. The fourth-order valence-corrected chi connectivity index (χ4v) is 3.42. The van der Waals surface area contributed by atoms with E-state index in [9.17, 15) is 9.59 Å². The number of rotatable bonds is 0. The smallest absolute Gasteiger partial charge is 0.144 e. The van der Waals surface area contributed by atoms with Crippen LogP contribution in [0.25, 0.3) is 0 Å². The van der Waals surface area contributed by atoms with Crippen molar-refractivity contribution in [3.63, 3.8) is 0 Å². The van der Waals surface area contributed by atoms with E-state index in [0.717, 1.165) is 19.3 Å². The van der Waals surface area contributed by atoms with Crippen LogP contribution in [-0.2, 0) is 9.59 Å². The normalized spacial score (nSPS) is 43.8. The Morgan fingerprint density at radius 3 is 2.94 bits per heavy atom. The molecule has 3 atom stereocenters. The van der Waals surface area contributed by atoms with Crippen LogP contribution in [0.2, 0.25) is 0 Å². The third-order valence-corrected chi connectivity index (χ3v) is 4.36. The number of carbonyl (C=O) groups is 2. The molecule has 0 saturated heterocycles. The SMILES string of the molecule is O=C1CC/C=C\C[C@@]23C=C[C@@H](CC2=O)CC13. The summed E-state index contributed by atoms with van der Waals surface area (Å²) in [4.78, 5) is 24.3. The number of carbonyl (C=O) groups excluding carboxylic acids is 2. The van der Waals surface area contributed by atoms with Crippen LogP contribution in [0, 0.1) is 17.3 Å². The van der Waals surface area contributed by atoms with Crippen molar-refractivity contribution < 1.29 is 9.59 Å². The van der Waals surface area contributed by atoms with E-state index in [-0.39, 0.29) is 11.7 Å². The first-order valence-corrected chi connectivity index (χ1v) is 6.13. The molecular formula is C14H16O2. The lowest BCUT2D eigenvalue weighted by molar-refractivity contribution is -0.142. The van der Waals surface area contributed by atoms with Crippen LogP contribution in [0.4, 0.5) is 0 Å². The van der Waals surface area contributed by atoms with Gasteiger partial charge in [0.1, 0.15) is 11.6 Å². The van der Waals surface area contributed by atoms with Crippen LogP contribution in [-0.4, -0.2) is 11.6 Å². The number of ketones is 2. The van der Waals surface area contributed by atoms with Crippen LogP contribution in [0.15, 0.2) is 24.3 Å². The van der Waals surface area contributed by atoms with Crippen molar-refractivity contribution in [3.05, 3.63) is 24.3 Å². The Bertz CT molecular complexity index is 405. The van der Waals surface area contributed by atoms with E-state index in [2.05, 4.69) is 12.2 Å². The van der Waals surface area contributed by atoms with Crippen molar-refractivity contribution in [2.75, 3.05) is 0 Å². The lowest BCUT2D eigenvalue weighted by atomic mass is 9.55. The molecule has 4 aliphatic rings. The van der Waals surface area contributed by atoms with Crippen LogP contribution >= 0.6 is 0 Å². The Kier molecular flexibility index (Phi) is 2.13. The molecule has 1 unspecified atom stereocenters. The Morgan fingerprint density at radius 1 is 1.25 bits per heavy atom. The van der Waals surface area contributed by atoms with Crippen molar-refractivity contribution in [3.8, 4) is 0 Å². The maximum absolute atomic E-state index is 12.2. The maximum Gasteiger partial charge on any atom is 0.144 e. The van der Waals surface area contributed by atoms with Crippen LogP contribution in [0.5, 0.6) is 0 Å². The molecule has 0 aromatic rings. The molecule has 4 aliphatic carbocycles. The highest BCUT2D eigenvalue weighted by molar-refractivity contribution is 5.97. The number of hydrogen-bond donors (Lipinski definition) is 0. The molecule has 0 N–H and O–H groups in total. The molecule has 2 heteroatoms. The second-order valence-corrected chi connectivity index (χ2v) is 5.26. The highest BCUT2D eigenvalue weighted by atomic mass is 16.1. The first-order valence-electron chi connectivity index (χ1n) is 6.13. The molecule has 4 rings (SSSR count). The van der Waals surface area contributed by atoms with E-state index in [1.165, 1.54) is 0 Å². The molecular weight excluding hydrogens is 200 g/mol. The van der Waals surface area contributed by atoms with E-state index in [1.807, 2.05) is 12.2 Å². The van der Waals surface area contributed by atoms with Gasteiger partial charge in [-0.2, -0.15) is 0 Å². The van der Waals surface area contributed by atoms with Gasteiger partial charge >= 0.3 is 0 Å². The topological polar surface area (TPSA) is 34.1 Å². The van der Waals surface area contributed by atoms with Gasteiger partial charge in [0, 0.05) is 18.8 Å². The van der Waals surface area contributed by atoms with Crippen molar-refractivity contribution in [2.45, 2.75) is 32.1 Å². The minimum atomic E-state index is -0.469. The van der Waals surface area contributed by atoms with Gasteiger partial charge in [0.2, 0.25) is 0 Å². The summed E-state index contributed by atoms with van der Waals surface area (Å²) < 4.78 is 0. The Hall–Kier alpha value is -1.18. The summed E-state index contributed by atoms with van der Waals surface area (Å²) in [6, 6.07) is 0. The first-order chi connectivity index (χ1) is 7.72. The van der Waals surface area contributed by atoms with Crippen molar-refractivity contribution in [2.24, 2.45) is 17.3 Å². The second-order valence-electron chi connectivity index (χ2n) is 5.26. The van der Waals surface area contributed by atoms with Gasteiger partial charge in [-0.15, -0.1) is 0 Å². The van der Waals surface area contributed by atoms with Crippen LogP contribution in [0.1, 0.15) is 32.1 Å². The summed E-state index contributed by atoms with van der Waals surface area (Å²) in [5.74, 6) is 0.878. The molecule has 0 aromatic heterocycles. The molecule has 1 spiro atoms. The van der Waals surface area contributed by atoms with E-state index in [4.69, 9.17) is 0 Å². The van der Waals surface area contributed by atoms with Crippen molar-refractivity contribution in [1.82, 2.24) is 0 Å². The number of Topliss-reactive ketones (excluding diaryl/α,β-unsaturated/α-hetero) is 2. The molecule has 0 aliphatic heterocycles. The lowest BCUT2D eigenvalue weighted by Crippen LogP contribution is -2.49. The molecule has 0 heterocycles. The van der Waals surface area contributed by atoms with Gasteiger partial charge in [0.15, 0.2) is 0 Å². The van der Waals surface area contributed by atoms with Crippen molar-refractivity contribution >= 4 is 11.6 Å². The quantitative estimate of drug-likeness (QED) is 0.583. The zero-order valence-electron chi connectivity index (χ0n) is 9.32. The van der Waals surface area contributed by atoms with Crippen molar-refractivity contribution in [1.29, 1.82) is 0 Å². The zero-order valence-corrected chi connectivity index (χ0v) is 9.32. The Morgan fingerprint density at radius 2 is 2.12 bits per heavy atom. The summed E-state index contributed by atoms with van der Waals surface area (Å²) >= 11 is 0. The van der Waals surface area contributed by atoms with Gasteiger partial charge in [0.25, 0.3) is 0 Å². The number of fused-ring (bicyclic) bond motifs is 1. The fourth-order valence-electron chi connectivity index (χ4n) is 3.42. The molecule has 16 heavy (non-hydrogen) atoms. The third-order valence-electron chi connectivity index (χ3n) is 4.36. The molecule has 2 nitrogen and oxygen atoms in total. The predicted octanol–water partition coefficient (Wildman–Crippen LogP) is 2.45. The average molecular weight is 216 g/mol. The van der Waals surface area contributed by atoms with Gasteiger partial charge in [-0.25, -0.2) is 0 Å². The van der Waals surface area contributed by atoms with Gasteiger partial charge in [-0.3, -0.25) is 9.59 Å². The minimum absolute atomic E-state index is 0.0336. The molecule has 1 fully saturated rings. The van der Waals surface area contributed by atoms with E-state index in [1.54, 1.807) is 0 Å². The monoisotopic (exact) mass is 216 g/mol. The first kappa shape index (κ1) is 10.0. The summed E-state index contributed by atoms with van der Waals surface area (Å²) in [5, 5.41) is 0.